The molecule has 2 aromatic heterocycles. The van der Waals surface area contributed by atoms with Crippen LogP contribution in [0.1, 0.15) is 16.2 Å². The van der Waals surface area contributed by atoms with Crippen molar-refractivity contribution < 1.29 is 9.18 Å². The van der Waals surface area contributed by atoms with Crippen molar-refractivity contribution in [1.82, 2.24) is 19.9 Å². The number of nitrogens with one attached hydrogen (secondary N) is 1. The quantitative estimate of drug-likeness (QED) is 0.724. The van der Waals surface area contributed by atoms with E-state index >= 15 is 0 Å². The van der Waals surface area contributed by atoms with Crippen LogP contribution in [-0.4, -0.2) is 26.7 Å². The van der Waals surface area contributed by atoms with E-state index < -0.39 is 0 Å². The fourth-order valence-corrected chi connectivity index (χ4v) is 2.79. The number of amides is 1. The predicted molar refractivity (Wildman–Crippen MR) is 90.7 cm³/mol. The molecule has 0 radical (unpaired) electrons. The fraction of sp³-hybridized carbons (Fsp3) is 0.118. The van der Waals surface area contributed by atoms with Crippen molar-refractivity contribution in [3.05, 3.63) is 72.1 Å². The highest BCUT2D eigenvalue weighted by molar-refractivity contribution is 7.98. The average molecular weight is 342 g/mol. The molecule has 0 saturated heterocycles. The van der Waals surface area contributed by atoms with E-state index in [0.29, 0.717) is 23.1 Å². The zero-order valence-electron chi connectivity index (χ0n) is 12.9. The van der Waals surface area contributed by atoms with Crippen LogP contribution in [0, 0.1) is 5.82 Å². The number of rotatable bonds is 5. The number of carbonyl (C=O) groups is 1. The highest BCUT2D eigenvalue weighted by atomic mass is 32.2. The van der Waals surface area contributed by atoms with Crippen LogP contribution in [0.25, 0.3) is 5.69 Å². The van der Waals surface area contributed by atoms with Crippen LogP contribution in [0.3, 0.4) is 0 Å². The number of hydrogen-bond donors (Lipinski definition) is 1. The molecule has 0 aliphatic carbocycles. The largest absolute Gasteiger partial charge is 0.345 e. The van der Waals surface area contributed by atoms with E-state index in [1.807, 2.05) is 24.5 Å². The van der Waals surface area contributed by atoms with Crippen LogP contribution in [0.4, 0.5) is 4.39 Å². The Morgan fingerprint density at radius 3 is 2.67 bits per heavy atom. The van der Waals surface area contributed by atoms with E-state index in [1.165, 1.54) is 30.1 Å². The van der Waals surface area contributed by atoms with Gasteiger partial charge in [0.05, 0.1) is 18.4 Å². The molecule has 1 aromatic carbocycles. The summed E-state index contributed by atoms with van der Waals surface area (Å²) < 4.78 is 14.9. The molecule has 3 rings (SSSR count). The van der Waals surface area contributed by atoms with Crippen molar-refractivity contribution in [2.45, 2.75) is 11.7 Å². The monoisotopic (exact) mass is 342 g/mol. The lowest BCUT2D eigenvalue weighted by Gasteiger charge is -2.11. The first kappa shape index (κ1) is 16.2. The van der Waals surface area contributed by atoms with Crippen molar-refractivity contribution in [2.24, 2.45) is 0 Å². The minimum absolute atomic E-state index is 0.266. The molecule has 1 N–H and O–H groups in total. The number of pyridine rings is 1. The molecule has 5 nitrogen and oxygen atoms in total. The summed E-state index contributed by atoms with van der Waals surface area (Å²) in [7, 11) is 0. The standard InChI is InChI=1S/C17H15FN4OS/c1-24-17-21-11-15(22(17)14-7-5-12(18)6-8-14)16(23)20-10-13-4-2-3-9-19-13/h2-9,11H,10H2,1H3,(H,20,23). The van der Waals surface area contributed by atoms with Gasteiger partial charge in [-0.25, -0.2) is 9.37 Å². The lowest BCUT2D eigenvalue weighted by molar-refractivity contribution is 0.0943. The molecular formula is C17H15FN4OS. The number of hydrogen-bond acceptors (Lipinski definition) is 4. The topological polar surface area (TPSA) is 59.8 Å². The zero-order valence-corrected chi connectivity index (χ0v) is 13.8. The molecule has 0 atom stereocenters. The van der Waals surface area contributed by atoms with Gasteiger partial charge in [0.25, 0.3) is 5.91 Å². The van der Waals surface area contributed by atoms with Gasteiger partial charge in [-0.3, -0.25) is 14.3 Å². The first-order chi connectivity index (χ1) is 11.7. The van der Waals surface area contributed by atoms with Gasteiger partial charge in [-0.2, -0.15) is 0 Å². The van der Waals surface area contributed by atoms with Gasteiger partial charge in [0.15, 0.2) is 5.16 Å². The summed E-state index contributed by atoms with van der Waals surface area (Å²) in [5.41, 5.74) is 1.84. The average Bonchev–Trinajstić information content (AvgIpc) is 3.05. The summed E-state index contributed by atoms with van der Waals surface area (Å²) in [5, 5.41) is 3.49. The Balaban J connectivity index is 1.86. The van der Waals surface area contributed by atoms with Crippen molar-refractivity contribution in [2.75, 3.05) is 6.26 Å². The van der Waals surface area contributed by atoms with Gasteiger partial charge < -0.3 is 5.32 Å². The molecule has 0 aliphatic heterocycles. The summed E-state index contributed by atoms with van der Waals surface area (Å²) in [6, 6.07) is 11.5. The molecule has 7 heteroatoms. The van der Waals surface area contributed by atoms with E-state index in [4.69, 9.17) is 0 Å². The summed E-state index contributed by atoms with van der Waals surface area (Å²) in [5.74, 6) is -0.594. The van der Waals surface area contributed by atoms with E-state index in [2.05, 4.69) is 15.3 Å². The highest BCUT2D eigenvalue weighted by Crippen LogP contribution is 2.22. The normalized spacial score (nSPS) is 10.6. The SMILES string of the molecule is CSc1ncc(C(=O)NCc2ccccn2)n1-c1ccc(F)cc1. The molecular weight excluding hydrogens is 327 g/mol. The predicted octanol–water partition coefficient (Wildman–Crippen LogP) is 3.06. The van der Waals surface area contributed by atoms with Crippen LogP contribution in [0.5, 0.6) is 0 Å². The number of thioether (sulfide) groups is 1. The van der Waals surface area contributed by atoms with E-state index in [9.17, 15) is 9.18 Å². The Hall–Kier alpha value is -2.67. The summed E-state index contributed by atoms with van der Waals surface area (Å²) in [6.07, 6.45) is 5.07. The molecule has 0 saturated carbocycles. The van der Waals surface area contributed by atoms with Gasteiger partial charge in [0, 0.05) is 11.9 Å². The second kappa shape index (κ2) is 7.27. The third-order valence-electron chi connectivity index (χ3n) is 3.39. The molecule has 24 heavy (non-hydrogen) atoms. The Labute approximate surface area is 142 Å². The van der Waals surface area contributed by atoms with Crippen LogP contribution in [0.2, 0.25) is 0 Å². The summed E-state index contributed by atoms with van der Waals surface area (Å²) in [6.45, 7) is 0.322. The van der Waals surface area contributed by atoms with Crippen LogP contribution in [0.15, 0.2) is 60.0 Å². The fourth-order valence-electron chi connectivity index (χ4n) is 2.24. The zero-order chi connectivity index (χ0) is 16.9. The molecule has 1 amide bonds. The van der Waals surface area contributed by atoms with Gasteiger partial charge >= 0.3 is 0 Å². The van der Waals surface area contributed by atoms with E-state index in [1.54, 1.807) is 22.9 Å². The molecule has 0 fully saturated rings. The number of benzene rings is 1. The molecule has 122 valence electrons. The smallest absolute Gasteiger partial charge is 0.270 e. The Bertz CT molecular complexity index is 834. The maximum atomic E-state index is 13.2. The molecule has 2 heterocycles. The Kier molecular flexibility index (Phi) is 4.90. The lowest BCUT2D eigenvalue weighted by Crippen LogP contribution is -2.25. The van der Waals surface area contributed by atoms with E-state index in [0.717, 1.165) is 5.69 Å². The second-order valence-corrected chi connectivity index (χ2v) is 5.72. The lowest BCUT2D eigenvalue weighted by atomic mass is 10.3. The number of aromatic nitrogens is 3. The van der Waals surface area contributed by atoms with Gasteiger partial charge in [-0.05, 0) is 42.7 Å². The van der Waals surface area contributed by atoms with E-state index in [-0.39, 0.29) is 11.7 Å². The Morgan fingerprint density at radius 2 is 2.00 bits per heavy atom. The Morgan fingerprint density at radius 1 is 1.21 bits per heavy atom. The second-order valence-electron chi connectivity index (χ2n) is 4.95. The maximum Gasteiger partial charge on any atom is 0.270 e. The molecule has 0 bridgehead atoms. The number of halogens is 1. The number of imidazole rings is 1. The third-order valence-corrected chi connectivity index (χ3v) is 4.04. The number of nitrogens with zero attached hydrogens (tertiary/aromatic N) is 3. The summed E-state index contributed by atoms with van der Waals surface area (Å²) in [4.78, 5) is 21.0. The number of carbonyl (C=O) groups excluding carboxylic acids is 1. The van der Waals surface area contributed by atoms with Crippen molar-refractivity contribution in [3.63, 3.8) is 0 Å². The van der Waals surface area contributed by atoms with Gasteiger partial charge in [-0.15, -0.1) is 0 Å². The summed E-state index contributed by atoms with van der Waals surface area (Å²) >= 11 is 1.41. The molecule has 0 spiro atoms. The van der Waals surface area contributed by atoms with Crippen LogP contribution >= 0.6 is 11.8 Å². The molecule has 0 aliphatic rings. The minimum atomic E-state index is -0.328. The van der Waals surface area contributed by atoms with Crippen molar-refractivity contribution in [3.8, 4) is 5.69 Å². The van der Waals surface area contributed by atoms with Crippen LogP contribution < -0.4 is 5.32 Å². The van der Waals surface area contributed by atoms with Gasteiger partial charge in [0.1, 0.15) is 11.5 Å². The highest BCUT2D eigenvalue weighted by Gasteiger charge is 2.17. The first-order valence-corrected chi connectivity index (χ1v) is 8.47. The van der Waals surface area contributed by atoms with Crippen molar-refractivity contribution in [1.29, 1.82) is 0 Å². The maximum absolute atomic E-state index is 13.2. The third kappa shape index (κ3) is 3.46. The molecule has 3 aromatic rings. The van der Waals surface area contributed by atoms with Gasteiger partial charge in [0.2, 0.25) is 0 Å². The first-order valence-electron chi connectivity index (χ1n) is 7.25. The molecule has 0 unspecified atom stereocenters. The van der Waals surface area contributed by atoms with Crippen LogP contribution in [-0.2, 0) is 6.54 Å². The minimum Gasteiger partial charge on any atom is -0.345 e. The van der Waals surface area contributed by atoms with Gasteiger partial charge in [-0.1, -0.05) is 17.8 Å². The van der Waals surface area contributed by atoms with Crippen molar-refractivity contribution >= 4 is 17.7 Å².